The van der Waals surface area contributed by atoms with Crippen LogP contribution in [0.15, 0.2) is 57.9 Å². The fourth-order valence-corrected chi connectivity index (χ4v) is 5.90. The lowest BCUT2D eigenvalue weighted by atomic mass is 10.2. The monoisotopic (exact) mass is 493 g/mol. The minimum atomic E-state index is -3.63. The van der Waals surface area contributed by atoms with Gasteiger partial charge in [-0.25, -0.2) is 18.1 Å². The highest BCUT2D eigenvalue weighted by Gasteiger charge is 2.32. The van der Waals surface area contributed by atoms with E-state index in [1.807, 2.05) is 29.2 Å². The van der Waals surface area contributed by atoms with Crippen molar-refractivity contribution in [2.75, 3.05) is 13.1 Å². The van der Waals surface area contributed by atoms with Gasteiger partial charge in [-0.3, -0.25) is 4.79 Å². The fourth-order valence-electron chi connectivity index (χ4n) is 3.49. The zero-order valence-corrected chi connectivity index (χ0v) is 18.8. The molecule has 29 heavy (non-hydrogen) atoms. The molecule has 2 aromatic carbocycles. The van der Waals surface area contributed by atoms with Crippen LogP contribution in [0.3, 0.4) is 0 Å². The molecule has 9 heteroatoms. The van der Waals surface area contributed by atoms with E-state index >= 15 is 0 Å². The number of carbonyl (C=O) groups is 1. The SMILES string of the molecule is O=C(CCNS(=O)(=O)c1ccc(Br)cc1)N1CCCC1c1nc2ccccc2s1. The number of likely N-dealkylation sites (tertiary alicyclic amines) is 1. The molecule has 1 unspecified atom stereocenters. The number of benzene rings is 2. The van der Waals surface area contributed by atoms with Crippen molar-refractivity contribution < 1.29 is 13.2 Å². The van der Waals surface area contributed by atoms with Gasteiger partial charge in [-0.15, -0.1) is 11.3 Å². The summed E-state index contributed by atoms with van der Waals surface area (Å²) in [5.74, 6) is -0.0507. The van der Waals surface area contributed by atoms with Gasteiger partial charge >= 0.3 is 0 Å². The van der Waals surface area contributed by atoms with Crippen molar-refractivity contribution in [2.24, 2.45) is 0 Å². The third-order valence-electron chi connectivity index (χ3n) is 4.92. The number of amides is 1. The predicted octanol–water partition coefficient (Wildman–Crippen LogP) is 4.09. The lowest BCUT2D eigenvalue weighted by Gasteiger charge is -2.23. The van der Waals surface area contributed by atoms with E-state index in [0.717, 1.165) is 32.5 Å². The topological polar surface area (TPSA) is 79.4 Å². The molecule has 1 saturated heterocycles. The lowest BCUT2D eigenvalue weighted by molar-refractivity contribution is -0.131. The standard InChI is InChI=1S/C20H20BrN3O3S2/c21-14-7-9-15(10-8-14)29(26,27)22-12-11-19(25)24-13-3-5-17(24)20-23-16-4-1-2-6-18(16)28-20/h1-2,4,6-10,17,22H,3,5,11-13H2. The van der Waals surface area contributed by atoms with E-state index in [4.69, 9.17) is 4.98 Å². The summed E-state index contributed by atoms with van der Waals surface area (Å²) in [6, 6.07) is 14.3. The van der Waals surface area contributed by atoms with Gasteiger partial charge in [0.05, 0.1) is 21.2 Å². The second-order valence-electron chi connectivity index (χ2n) is 6.87. The molecule has 1 aliphatic rings. The van der Waals surface area contributed by atoms with Crippen LogP contribution < -0.4 is 4.72 Å². The number of rotatable bonds is 6. The van der Waals surface area contributed by atoms with Crippen molar-refractivity contribution in [3.05, 3.63) is 58.0 Å². The van der Waals surface area contributed by atoms with Gasteiger partial charge in [0.25, 0.3) is 0 Å². The molecule has 152 valence electrons. The largest absolute Gasteiger partial charge is 0.333 e. The summed E-state index contributed by atoms with van der Waals surface area (Å²) in [7, 11) is -3.63. The zero-order chi connectivity index (χ0) is 20.4. The first-order chi connectivity index (χ1) is 13.9. The Balaban J connectivity index is 1.39. The van der Waals surface area contributed by atoms with Crippen LogP contribution in [0.5, 0.6) is 0 Å². The maximum atomic E-state index is 12.8. The van der Waals surface area contributed by atoms with E-state index in [1.165, 1.54) is 12.1 Å². The first kappa shape index (κ1) is 20.5. The van der Waals surface area contributed by atoms with Gasteiger partial charge in [-0.05, 0) is 49.2 Å². The second-order valence-corrected chi connectivity index (χ2v) is 10.6. The number of nitrogens with one attached hydrogen (secondary N) is 1. The number of hydrogen-bond acceptors (Lipinski definition) is 5. The minimum absolute atomic E-state index is 0.0250. The van der Waals surface area contributed by atoms with Crippen molar-refractivity contribution >= 4 is 53.4 Å². The molecular weight excluding hydrogens is 474 g/mol. The highest BCUT2D eigenvalue weighted by molar-refractivity contribution is 9.10. The maximum Gasteiger partial charge on any atom is 0.240 e. The Morgan fingerprint density at radius 1 is 1.21 bits per heavy atom. The van der Waals surface area contributed by atoms with Gasteiger partial charge in [0.15, 0.2) is 0 Å². The van der Waals surface area contributed by atoms with Gasteiger partial charge in [-0.2, -0.15) is 0 Å². The van der Waals surface area contributed by atoms with Crippen molar-refractivity contribution in [1.82, 2.24) is 14.6 Å². The van der Waals surface area contributed by atoms with Crippen molar-refractivity contribution in [2.45, 2.75) is 30.2 Å². The molecule has 0 aliphatic carbocycles. The number of halogens is 1. The van der Waals surface area contributed by atoms with Gasteiger partial charge in [-0.1, -0.05) is 28.1 Å². The quantitative estimate of drug-likeness (QED) is 0.560. The number of thiazole rings is 1. The number of nitrogens with zero attached hydrogens (tertiary/aromatic N) is 2. The molecule has 4 rings (SSSR count). The second kappa shape index (κ2) is 8.51. The average molecular weight is 494 g/mol. The van der Waals surface area contributed by atoms with Gasteiger partial charge in [0.2, 0.25) is 15.9 Å². The Kier molecular flexibility index (Phi) is 6.00. The summed E-state index contributed by atoms with van der Waals surface area (Å²) in [6.07, 6.45) is 1.93. The van der Waals surface area contributed by atoms with Crippen molar-refractivity contribution in [3.63, 3.8) is 0 Å². The smallest absolute Gasteiger partial charge is 0.240 e. The lowest BCUT2D eigenvalue weighted by Crippen LogP contribution is -2.34. The molecule has 6 nitrogen and oxygen atoms in total. The summed E-state index contributed by atoms with van der Waals surface area (Å²) in [5.41, 5.74) is 0.953. The number of carbonyl (C=O) groups excluding carboxylic acids is 1. The highest BCUT2D eigenvalue weighted by Crippen LogP contribution is 2.36. The van der Waals surface area contributed by atoms with Crippen LogP contribution in [0.1, 0.15) is 30.3 Å². The third kappa shape index (κ3) is 4.53. The van der Waals surface area contributed by atoms with Gasteiger partial charge in [0, 0.05) is 24.0 Å². The van der Waals surface area contributed by atoms with Crippen molar-refractivity contribution in [1.29, 1.82) is 0 Å². The summed E-state index contributed by atoms with van der Waals surface area (Å²) in [4.78, 5) is 19.5. The molecule has 0 spiro atoms. The van der Waals surface area contributed by atoms with Gasteiger partial charge < -0.3 is 4.90 Å². The summed E-state index contributed by atoms with van der Waals surface area (Å²) in [6.45, 7) is 0.749. The summed E-state index contributed by atoms with van der Waals surface area (Å²) < 4.78 is 29.2. The Bertz CT molecular complexity index is 1100. The molecule has 3 aromatic rings. The van der Waals surface area contributed by atoms with E-state index in [2.05, 4.69) is 20.7 Å². The van der Waals surface area contributed by atoms with Crippen molar-refractivity contribution in [3.8, 4) is 0 Å². The molecule has 1 N–H and O–H groups in total. The first-order valence-corrected chi connectivity index (χ1v) is 12.4. The molecule has 1 atom stereocenters. The zero-order valence-electron chi connectivity index (χ0n) is 15.5. The van der Waals surface area contributed by atoms with E-state index in [9.17, 15) is 13.2 Å². The summed E-state index contributed by atoms with van der Waals surface area (Å²) >= 11 is 4.91. The molecule has 0 saturated carbocycles. The predicted molar refractivity (Wildman–Crippen MR) is 117 cm³/mol. The fraction of sp³-hybridized carbons (Fsp3) is 0.300. The van der Waals surface area contributed by atoms with Crippen LogP contribution in [0, 0.1) is 0 Å². The summed E-state index contributed by atoms with van der Waals surface area (Å²) in [5, 5.41) is 0.951. The molecule has 1 aromatic heterocycles. The molecule has 0 bridgehead atoms. The van der Waals surface area contributed by atoms with E-state index in [-0.39, 0.29) is 29.8 Å². The molecular formula is C20H20BrN3O3S2. The van der Waals surface area contributed by atoms with E-state index in [1.54, 1.807) is 23.5 Å². The van der Waals surface area contributed by atoms with Crippen LogP contribution in [0.4, 0.5) is 0 Å². The molecule has 1 amide bonds. The van der Waals surface area contributed by atoms with E-state index < -0.39 is 10.0 Å². The minimum Gasteiger partial charge on any atom is -0.333 e. The van der Waals surface area contributed by atoms with Crippen LogP contribution in [-0.4, -0.2) is 37.3 Å². The highest BCUT2D eigenvalue weighted by atomic mass is 79.9. The number of hydrogen-bond donors (Lipinski definition) is 1. The van der Waals surface area contributed by atoms with Crippen LogP contribution in [0.2, 0.25) is 0 Å². The number of aromatic nitrogens is 1. The van der Waals surface area contributed by atoms with Crippen LogP contribution in [-0.2, 0) is 14.8 Å². The number of para-hydroxylation sites is 1. The Labute approximate surface area is 182 Å². The third-order valence-corrected chi connectivity index (χ3v) is 8.07. The first-order valence-electron chi connectivity index (χ1n) is 9.34. The number of fused-ring (bicyclic) bond motifs is 1. The molecule has 0 radical (unpaired) electrons. The van der Waals surface area contributed by atoms with E-state index in [0.29, 0.717) is 6.54 Å². The molecule has 1 aliphatic heterocycles. The Hall–Kier alpha value is -1.81. The average Bonchev–Trinajstić information content (AvgIpc) is 3.34. The number of sulfonamides is 1. The maximum absolute atomic E-state index is 12.8. The molecule has 2 heterocycles. The van der Waals surface area contributed by atoms with Gasteiger partial charge in [0.1, 0.15) is 5.01 Å². The molecule has 1 fully saturated rings. The Morgan fingerprint density at radius 3 is 2.72 bits per heavy atom. The van der Waals surface area contributed by atoms with Crippen LogP contribution in [0.25, 0.3) is 10.2 Å². The Morgan fingerprint density at radius 2 is 1.97 bits per heavy atom. The van der Waals surface area contributed by atoms with Crippen LogP contribution >= 0.6 is 27.3 Å². The normalized spacial score (nSPS) is 17.1.